The summed E-state index contributed by atoms with van der Waals surface area (Å²) in [5, 5.41) is 4.94. The minimum Gasteiger partial charge on any atom is -0.310 e. The Hall–Kier alpha value is -8.50. The Morgan fingerprint density at radius 3 is 1.43 bits per heavy atom. The maximum atomic E-state index is 2.45. The number of benzene rings is 11. The Kier molecular flexibility index (Phi) is 10.4. The third-order valence-electron chi connectivity index (χ3n) is 12.8. The van der Waals surface area contributed by atoms with Gasteiger partial charge in [0.15, 0.2) is 0 Å². The van der Waals surface area contributed by atoms with Crippen LogP contribution in [0.2, 0.25) is 0 Å². The molecule has 12 aromatic rings. The third kappa shape index (κ3) is 7.72. The molecule has 11 aromatic carbocycles. The smallest absolute Gasteiger partial charge is 0.0640 e. The molecule has 316 valence electrons. The molecule has 0 bridgehead atoms. The van der Waals surface area contributed by atoms with Crippen LogP contribution in [0.5, 0.6) is 0 Å². The predicted octanol–water partition coefficient (Wildman–Crippen LogP) is 18.8. The van der Waals surface area contributed by atoms with Crippen LogP contribution in [-0.4, -0.2) is 0 Å². The molecule has 1 heterocycles. The molecule has 0 N–H and O–H groups in total. The summed E-state index contributed by atoms with van der Waals surface area (Å²) in [4.78, 5) is 4.86. The maximum Gasteiger partial charge on any atom is 0.0640 e. The molecule has 2 nitrogen and oxygen atoms in total. The highest BCUT2D eigenvalue weighted by Crippen LogP contribution is 2.47. The van der Waals surface area contributed by atoms with E-state index in [1.54, 1.807) is 0 Å². The van der Waals surface area contributed by atoms with Gasteiger partial charge in [0.2, 0.25) is 0 Å². The van der Waals surface area contributed by atoms with E-state index in [9.17, 15) is 0 Å². The Morgan fingerprint density at radius 2 is 0.701 bits per heavy atom. The Labute approximate surface area is 395 Å². The van der Waals surface area contributed by atoms with Gasteiger partial charge in [-0.2, -0.15) is 0 Å². The monoisotopic (exact) mass is 872 g/mol. The molecule has 0 spiro atoms. The van der Waals surface area contributed by atoms with Gasteiger partial charge in [0, 0.05) is 43.8 Å². The van der Waals surface area contributed by atoms with E-state index >= 15 is 0 Å². The fourth-order valence-electron chi connectivity index (χ4n) is 9.56. The first-order chi connectivity index (χ1) is 33.2. The molecule has 0 aliphatic rings. The van der Waals surface area contributed by atoms with Gasteiger partial charge in [-0.25, -0.2) is 0 Å². The van der Waals surface area contributed by atoms with E-state index in [1.807, 2.05) is 11.3 Å². The number of hydrogen-bond donors (Lipinski definition) is 0. The lowest BCUT2D eigenvalue weighted by atomic mass is 9.98. The number of nitrogens with zero attached hydrogens (tertiary/aromatic N) is 2. The first-order valence-corrected chi connectivity index (χ1v) is 23.6. The number of hydrogen-bond acceptors (Lipinski definition) is 3. The van der Waals surface area contributed by atoms with Crippen LogP contribution in [0, 0.1) is 0 Å². The van der Waals surface area contributed by atoms with Gasteiger partial charge >= 0.3 is 0 Å². The topological polar surface area (TPSA) is 6.48 Å². The van der Waals surface area contributed by atoms with E-state index < -0.39 is 0 Å². The molecule has 0 saturated carbocycles. The first-order valence-electron chi connectivity index (χ1n) is 22.8. The summed E-state index contributed by atoms with van der Waals surface area (Å²) < 4.78 is 2.55. The van der Waals surface area contributed by atoms with E-state index in [4.69, 9.17) is 0 Å². The standard InChI is InChI=1S/C64H44N2S/c1-4-17-45(18-5-1)48-35-38-54(39-36-48)65(57-40-37-51-41-50(33-34-52(51)43-57)47-21-8-3-9-22-47)61-30-12-10-27-58(61)53-24-15-26-56(44-53)66(55-25-14-23-49(42-55)46-19-6-2-7-20-46)62-31-16-29-60-59-28-11-13-32-63(59)67-64(60)62/h1-44H. The number of thiophene rings is 1. The second-order valence-corrected chi connectivity index (χ2v) is 18.0. The van der Waals surface area contributed by atoms with Gasteiger partial charge in [-0.1, -0.05) is 194 Å². The Bertz CT molecular complexity index is 3690. The van der Waals surface area contributed by atoms with Gasteiger partial charge in [-0.15, -0.1) is 11.3 Å². The highest BCUT2D eigenvalue weighted by Gasteiger charge is 2.22. The summed E-state index contributed by atoms with van der Waals surface area (Å²) in [5.41, 5.74) is 16.0. The molecule has 0 saturated heterocycles. The van der Waals surface area contributed by atoms with Crippen molar-refractivity contribution in [2.75, 3.05) is 9.80 Å². The molecule has 67 heavy (non-hydrogen) atoms. The van der Waals surface area contributed by atoms with Crippen molar-refractivity contribution in [1.82, 2.24) is 0 Å². The van der Waals surface area contributed by atoms with Crippen molar-refractivity contribution < 1.29 is 0 Å². The molecule has 0 atom stereocenters. The molecule has 0 fully saturated rings. The SMILES string of the molecule is c1ccc(-c2ccc(N(c3ccc4cc(-c5ccccc5)ccc4c3)c3ccccc3-c3cccc(N(c4cccc(-c5ccccc5)c4)c4cccc5c4sc4ccccc45)c3)cc2)cc1. The molecule has 0 radical (unpaired) electrons. The van der Waals surface area contributed by atoms with Crippen molar-refractivity contribution in [2.24, 2.45) is 0 Å². The first kappa shape index (κ1) is 40.0. The second kappa shape index (κ2) is 17.5. The van der Waals surface area contributed by atoms with Gasteiger partial charge < -0.3 is 9.80 Å². The largest absolute Gasteiger partial charge is 0.310 e. The van der Waals surface area contributed by atoms with Crippen molar-refractivity contribution in [1.29, 1.82) is 0 Å². The van der Waals surface area contributed by atoms with Gasteiger partial charge in [-0.05, 0) is 123 Å². The zero-order valence-electron chi connectivity index (χ0n) is 36.7. The van der Waals surface area contributed by atoms with E-state index in [1.165, 1.54) is 64.3 Å². The van der Waals surface area contributed by atoms with E-state index in [0.717, 1.165) is 45.3 Å². The van der Waals surface area contributed by atoms with Gasteiger partial charge in [0.25, 0.3) is 0 Å². The number of anilines is 6. The van der Waals surface area contributed by atoms with Crippen molar-refractivity contribution >= 4 is 76.4 Å². The molecule has 12 rings (SSSR count). The van der Waals surface area contributed by atoms with Crippen molar-refractivity contribution in [2.45, 2.75) is 0 Å². The van der Waals surface area contributed by atoms with Gasteiger partial charge in [0.1, 0.15) is 0 Å². The van der Waals surface area contributed by atoms with Crippen LogP contribution in [0.15, 0.2) is 267 Å². The van der Waals surface area contributed by atoms with E-state index in [-0.39, 0.29) is 0 Å². The lowest BCUT2D eigenvalue weighted by Crippen LogP contribution is -2.12. The van der Waals surface area contributed by atoms with E-state index in [2.05, 4.69) is 277 Å². The van der Waals surface area contributed by atoms with Crippen molar-refractivity contribution in [3.8, 4) is 44.5 Å². The highest BCUT2D eigenvalue weighted by atomic mass is 32.1. The van der Waals surface area contributed by atoms with Crippen LogP contribution in [0.25, 0.3) is 75.5 Å². The fourth-order valence-corrected chi connectivity index (χ4v) is 10.8. The van der Waals surface area contributed by atoms with Crippen LogP contribution in [0.3, 0.4) is 0 Å². The predicted molar refractivity (Wildman–Crippen MR) is 288 cm³/mol. The minimum atomic E-state index is 1.08. The quantitative estimate of drug-likeness (QED) is 0.135. The van der Waals surface area contributed by atoms with Crippen molar-refractivity contribution in [3.05, 3.63) is 267 Å². The van der Waals surface area contributed by atoms with Crippen LogP contribution < -0.4 is 9.80 Å². The lowest BCUT2D eigenvalue weighted by molar-refractivity contribution is 1.28. The van der Waals surface area contributed by atoms with Gasteiger partial charge in [0.05, 0.1) is 16.1 Å². The summed E-state index contributed by atoms with van der Waals surface area (Å²) in [6.45, 7) is 0. The molecular formula is C64H44N2S. The minimum absolute atomic E-state index is 1.08. The maximum absolute atomic E-state index is 2.45. The molecule has 1 aromatic heterocycles. The third-order valence-corrected chi connectivity index (χ3v) is 14.0. The van der Waals surface area contributed by atoms with Crippen LogP contribution in [0.4, 0.5) is 34.1 Å². The fraction of sp³-hybridized carbons (Fsp3) is 0. The summed E-state index contributed by atoms with van der Waals surface area (Å²) in [7, 11) is 0. The second-order valence-electron chi connectivity index (χ2n) is 16.9. The molecule has 3 heteroatoms. The number of rotatable bonds is 10. The van der Waals surface area contributed by atoms with Crippen LogP contribution >= 0.6 is 11.3 Å². The Morgan fingerprint density at radius 1 is 0.254 bits per heavy atom. The molecule has 0 unspecified atom stereocenters. The van der Waals surface area contributed by atoms with Crippen LogP contribution in [-0.2, 0) is 0 Å². The lowest BCUT2D eigenvalue weighted by Gasteiger charge is -2.29. The van der Waals surface area contributed by atoms with Crippen molar-refractivity contribution in [3.63, 3.8) is 0 Å². The molecule has 0 aliphatic heterocycles. The van der Waals surface area contributed by atoms with Crippen LogP contribution in [0.1, 0.15) is 0 Å². The summed E-state index contributed by atoms with van der Waals surface area (Å²) in [6, 6.07) is 96.9. The highest BCUT2D eigenvalue weighted by molar-refractivity contribution is 7.26. The number of fused-ring (bicyclic) bond motifs is 4. The normalized spacial score (nSPS) is 11.3. The molecule has 0 amide bonds. The van der Waals surface area contributed by atoms with Gasteiger partial charge in [-0.3, -0.25) is 0 Å². The zero-order chi connectivity index (χ0) is 44.5. The van der Waals surface area contributed by atoms with E-state index in [0.29, 0.717) is 0 Å². The summed E-state index contributed by atoms with van der Waals surface area (Å²) >= 11 is 1.86. The molecular weight excluding hydrogens is 829 g/mol. The zero-order valence-corrected chi connectivity index (χ0v) is 37.5. The number of para-hydroxylation sites is 1. The Balaban J connectivity index is 1.02. The average Bonchev–Trinajstić information content (AvgIpc) is 3.80. The average molecular weight is 873 g/mol. The summed E-state index contributed by atoms with van der Waals surface area (Å²) in [5.74, 6) is 0. The molecule has 0 aliphatic carbocycles. The summed E-state index contributed by atoms with van der Waals surface area (Å²) in [6.07, 6.45) is 0.